The molecule has 2 aromatic carbocycles. The Balaban J connectivity index is 1.69. The van der Waals surface area contributed by atoms with Crippen molar-refractivity contribution in [2.75, 3.05) is 19.0 Å². The molecule has 0 fully saturated rings. The highest BCUT2D eigenvalue weighted by molar-refractivity contribution is 6.02. The highest BCUT2D eigenvalue weighted by Gasteiger charge is 2.06. The first-order valence-electron chi connectivity index (χ1n) is 8.12. The normalized spacial score (nSPS) is 10.9. The monoisotopic (exact) mass is 366 g/mol. The van der Waals surface area contributed by atoms with E-state index in [4.69, 9.17) is 13.9 Å². The molecule has 0 radical (unpaired) electrons. The lowest BCUT2D eigenvalue weighted by atomic mass is 10.2. The second kappa shape index (κ2) is 8.09. The van der Waals surface area contributed by atoms with Crippen molar-refractivity contribution in [3.05, 3.63) is 71.2 Å². The van der Waals surface area contributed by atoms with Gasteiger partial charge >= 0.3 is 5.76 Å². The summed E-state index contributed by atoms with van der Waals surface area (Å²) in [4.78, 5) is 25.8. The largest absolute Gasteiger partial charge is 0.493 e. The van der Waals surface area contributed by atoms with Gasteiger partial charge in [0.1, 0.15) is 6.61 Å². The van der Waals surface area contributed by atoms with E-state index in [-0.39, 0.29) is 5.91 Å². The number of aromatic nitrogens is 1. The van der Waals surface area contributed by atoms with Gasteiger partial charge in [0.25, 0.3) is 0 Å². The van der Waals surface area contributed by atoms with Gasteiger partial charge in [-0.2, -0.15) is 0 Å². The van der Waals surface area contributed by atoms with E-state index < -0.39 is 5.76 Å². The molecular formula is C20H18N2O5. The maximum absolute atomic E-state index is 12.1. The Morgan fingerprint density at radius 1 is 1.26 bits per heavy atom. The lowest BCUT2D eigenvalue weighted by molar-refractivity contribution is -0.111. The molecule has 2 N–H and O–H groups in total. The van der Waals surface area contributed by atoms with Crippen LogP contribution in [0.4, 0.5) is 5.69 Å². The zero-order valence-electron chi connectivity index (χ0n) is 14.7. The fourth-order valence-electron chi connectivity index (χ4n) is 2.44. The van der Waals surface area contributed by atoms with Gasteiger partial charge in [0.15, 0.2) is 17.1 Å². The Labute approximate surface area is 154 Å². The molecule has 7 nitrogen and oxygen atoms in total. The Hall–Kier alpha value is -3.74. The molecule has 1 amide bonds. The number of hydrogen-bond acceptors (Lipinski definition) is 5. The van der Waals surface area contributed by atoms with Crippen LogP contribution in [0, 0.1) is 0 Å². The number of fused-ring (bicyclic) bond motifs is 1. The van der Waals surface area contributed by atoms with Gasteiger partial charge in [-0.05, 0) is 42.0 Å². The molecule has 0 aliphatic rings. The number of carbonyl (C=O) groups excluding carboxylic acids is 1. The molecule has 3 rings (SSSR count). The zero-order valence-corrected chi connectivity index (χ0v) is 14.7. The maximum atomic E-state index is 12.1. The average Bonchev–Trinajstić information content (AvgIpc) is 3.04. The van der Waals surface area contributed by atoms with E-state index in [9.17, 15) is 9.59 Å². The topological polar surface area (TPSA) is 93.6 Å². The summed E-state index contributed by atoms with van der Waals surface area (Å²) in [5, 5.41) is 2.72. The number of amides is 1. The molecule has 7 heteroatoms. The van der Waals surface area contributed by atoms with Crippen LogP contribution < -0.4 is 20.5 Å². The number of oxazole rings is 1. The summed E-state index contributed by atoms with van der Waals surface area (Å²) in [5.41, 5.74) is 2.27. The molecule has 0 spiro atoms. The summed E-state index contributed by atoms with van der Waals surface area (Å²) in [6.07, 6.45) is 4.71. The van der Waals surface area contributed by atoms with Crippen LogP contribution in [0.15, 0.2) is 64.3 Å². The van der Waals surface area contributed by atoms with E-state index >= 15 is 0 Å². The number of rotatable bonds is 7. The third-order valence-electron chi connectivity index (χ3n) is 3.66. The maximum Gasteiger partial charge on any atom is 0.417 e. The quantitative estimate of drug-likeness (QED) is 0.494. The lowest BCUT2D eigenvalue weighted by Crippen LogP contribution is -2.07. The Morgan fingerprint density at radius 3 is 2.89 bits per heavy atom. The average molecular weight is 366 g/mol. The van der Waals surface area contributed by atoms with Crippen LogP contribution in [-0.4, -0.2) is 24.6 Å². The van der Waals surface area contributed by atoms with Crippen LogP contribution in [0.2, 0.25) is 0 Å². The van der Waals surface area contributed by atoms with Crippen LogP contribution >= 0.6 is 0 Å². The van der Waals surface area contributed by atoms with Gasteiger partial charge < -0.3 is 19.2 Å². The summed E-state index contributed by atoms with van der Waals surface area (Å²) in [7, 11) is 1.55. The van der Waals surface area contributed by atoms with Crippen molar-refractivity contribution in [1.82, 2.24) is 4.98 Å². The molecule has 27 heavy (non-hydrogen) atoms. The van der Waals surface area contributed by atoms with Crippen molar-refractivity contribution in [3.8, 4) is 11.5 Å². The van der Waals surface area contributed by atoms with Crippen molar-refractivity contribution in [2.24, 2.45) is 0 Å². The summed E-state index contributed by atoms with van der Waals surface area (Å²) in [6, 6.07) is 10.2. The smallest absolute Gasteiger partial charge is 0.417 e. The number of carbonyl (C=O) groups is 1. The molecular weight excluding hydrogens is 348 g/mol. The van der Waals surface area contributed by atoms with Gasteiger partial charge in [-0.1, -0.05) is 18.7 Å². The van der Waals surface area contributed by atoms with Crippen molar-refractivity contribution >= 4 is 28.8 Å². The van der Waals surface area contributed by atoms with Gasteiger partial charge in [-0.25, -0.2) is 4.79 Å². The summed E-state index contributed by atoms with van der Waals surface area (Å²) in [5.74, 6) is 0.309. The van der Waals surface area contributed by atoms with E-state index in [1.165, 1.54) is 6.08 Å². The molecule has 1 aromatic heterocycles. The first-order chi connectivity index (χ1) is 13.1. The zero-order chi connectivity index (χ0) is 19.2. The van der Waals surface area contributed by atoms with E-state index in [1.807, 2.05) is 6.07 Å². The van der Waals surface area contributed by atoms with Crippen molar-refractivity contribution in [1.29, 1.82) is 0 Å². The minimum atomic E-state index is -0.539. The van der Waals surface area contributed by atoms with Crippen LogP contribution in [0.1, 0.15) is 5.56 Å². The number of H-pyrrole nitrogens is 1. The molecule has 0 saturated carbocycles. The Kier molecular flexibility index (Phi) is 5.41. The van der Waals surface area contributed by atoms with Crippen molar-refractivity contribution in [3.63, 3.8) is 0 Å². The first kappa shape index (κ1) is 18.1. The second-order valence-corrected chi connectivity index (χ2v) is 5.56. The third-order valence-corrected chi connectivity index (χ3v) is 3.66. The van der Waals surface area contributed by atoms with Gasteiger partial charge in [0, 0.05) is 11.8 Å². The Bertz CT molecular complexity index is 1060. The predicted octanol–water partition coefficient (Wildman–Crippen LogP) is 3.35. The number of aromatic amines is 1. The second-order valence-electron chi connectivity index (χ2n) is 5.56. The molecule has 0 atom stereocenters. The SMILES string of the molecule is C=CCOc1ccc(/C=C/C(=O)Nc2ccc3oc(=O)[nH]c3c2)cc1OC. The summed E-state index contributed by atoms with van der Waals surface area (Å²) in [6.45, 7) is 3.98. The van der Waals surface area contributed by atoms with Gasteiger partial charge in [0.2, 0.25) is 5.91 Å². The molecule has 0 bridgehead atoms. The van der Waals surface area contributed by atoms with E-state index in [0.717, 1.165) is 5.56 Å². The Morgan fingerprint density at radius 2 is 2.11 bits per heavy atom. The molecule has 0 saturated heterocycles. The third kappa shape index (κ3) is 4.46. The minimum Gasteiger partial charge on any atom is -0.493 e. The van der Waals surface area contributed by atoms with Crippen molar-refractivity contribution < 1.29 is 18.7 Å². The molecule has 1 heterocycles. The molecule has 0 aliphatic carbocycles. The number of nitrogens with one attached hydrogen (secondary N) is 2. The van der Waals surface area contributed by atoms with Gasteiger partial charge in [0.05, 0.1) is 12.6 Å². The van der Waals surface area contributed by atoms with E-state index in [2.05, 4.69) is 16.9 Å². The number of anilines is 1. The van der Waals surface area contributed by atoms with Crippen molar-refractivity contribution in [2.45, 2.75) is 0 Å². The fraction of sp³-hybridized carbons (Fsp3) is 0.100. The predicted molar refractivity (Wildman–Crippen MR) is 103 cm³/mol. The number of hydrogen-bond donors (Lipinski definition) is 2. The van der Waals surface area contributed by atoms with Crippen LogP contribution in [0.25, 0.3) is 17.2 Å². The molecule has 138 valence electrons. The van der Waals surface area contributed by atoms with Gasteiger partial charge in [-0.3, -0.25) is 9.78 Å². The lowest BCUT2D eigenvalue weighted by Gasteiger charge is -2.09. The summed E-state index contributed by atoms with van der Waals surface area (Å²) < 4.78 is 15.7. The highest BCUT2D eigenvalue weighted by Crippen LogP contribution is 2.28. The summed E-state index contributed by atoms with van der Waals surface area (Å²) >= 11 is 0. The molecule has 0 unspecified atom stereocenters. The number of methoxy groups -OCH3 is 1. The van der Waals surface area contributed by atoms with Crippen LogP contribution in [0.3, 0.4) is 0 Å². The van der Waals surface area contributed by atoms with Gasteiger partial charge in [-0.15, -0.1) is 0 Å². The van der Waals surface area contributed by atoms with Crippen LogP contribution in [0.5, 0.6) is 11.5 Å². The number of ether oxygens (including phenoxy) is 2. The first-order valence-corrected chi connectivity index (χ1v) is 8.12. The minimum absolute atomic E-state index is 0.314. The highest BCUT2D eigenvalue weighted by atomic mass is 16.5. The fourth-order valence-corrected chi connectivity index (χ4v) is 2.44. The van der Waals surface area contributed by atoms with E-state index in [1.54, 1.807) is 49.6 Å². The molecule has 3 aromatic rings. The number of benzene rings is 2. The standard InChI is InChI=1S/C20H18N2O5/c1-3-10-26-17-7-4-13(11-18(17)25-2)5-9-19(23)21-14-6-8-16-15(12-14)22-20(24)27-16/h3-9,11-12H,1,10H2,2H3,(H,21,23)(H,22,24)/b9-5+. The van der Waals surface area contributed by atoms with Crippen LogP contribution in [-0.2, 0) is 4.79 Å². The van der Waals surface area contributed by atoms with E-state index in [0.29, 0.717) is 34.9 Å². The molecule has 0 aliphatic heterocycles.